The smallest absolute Gasteiger partial charge is 0.387 e. The molecule has 0 aromatic heterocycles. The van der Waals surface area contributed by atoms with Crippen molar-refractivity contribution in [1.82, 2.24) is 0 Å². The van der Waals surface area contributed by atoms with Crippen molar-refractivity contribution in [1.29, 1.82) is 0 Å². The quantitative estimate of drug-likeness (QED) is 0.913. The van der Waals surface area contributed by atoms with Crippen LogP contribution in [-0.4, -0.2) is 6.61 Å². The number of hydrogen-bond acceptors (Lipinski definition) is 2. The molecule has 106 valence electrons. The zero-order valence-corrected chi connectivity index (χ0v) is 11.6. The highest BCUT2D eigenvalue weighted by molar-refractivity contribution is 6.31. The number of para-hydroxylation sites is 1. The summed E-state index contributed by atoms with van der Waals surface area (Å²) in [6, 6.07) is 11.3. The van der Waals surface area contributed by atoms with Gasteiger partial charge in [0, 0.05) is 10.6 Å². The maximum absolute atomic E-state index is 12.4. The molecule has 2 nitrogen and oxygen atoms in total. The van der Waals surface area contributed by atoms with Crippen molar-refractivity contribution in [2.45, 2.75) is 19.6 Å². The Morgan fingerprint density at radius 3 is 2.50 bits per heavy atom. The summed E-state index contributed by atoms with van der Waals surface area (Å²) in [4.78, 5) is 0. The summed E-state index contributed by atoms with van der Waals surface area (Å²) in [7, 11) is 0. The van der Waals surface area contributed by atoms with E-state index in [1.807, 2.05) is 19.1 Å². The molecule has 0 heterocycles. The van der Waals surface area contributed by atoms with Crippen molar-refractivity contribution in [2.75, 3.05) is 0 Å². The second-order valence-electron chi connectivity index (χ2n) is 4.40. The number of aryl methyl sites for hydroxylation is 1. The van der Waals surface area contributed by atoms with E-state index >= 15 is 0 Å². The lowest BCUT2D eigenvalue weighted by atomic mass is 9.98. The first kappa shape index (κ1) is 14.8. The van der Waals surface area contributed by atoms with Crippen LogP contribution < -0.4 is 10.5 Å². The topological polar surface area (TPSA) is 35.2 Å². The lowest BCUT2D eigenvalue weighted by Gasteiger charge is -2.17. The van der Waals surface area contributed by atoms with Crippen molar-refractivity contribution < 1.29 is 13.5 Å². The number of rotatable bonds is 4. The van der Waals surface area contributed by atoms with Crippen LogP contribution in [-0.2, 0) is 0 Å². The molecule has 0 aliphatic carbocycles. The Kier molecular flexibility index (Phi) is 4.57. The van der Waals surface area contributed by atoms with Gasteiger partial charge >= 0.3 is 6.61 Å². The van der Waals surface area contributed by atoms with Crippen molar-refractivity contribution in [3.8, 4) is 5.75 Å². The van der Waals surface area contributed by atoms with E-state index in [1.54, 1.807) is 24.3 Å². The van der Waals surface area contributed by atoms with Gasteiger partial charge in [0.25, 0.3) is 0 Å². The number of benzene rings is 2. The molecule has 0 aliphatic rings. The Balaban J connectivity index is 2.37. The minimum Gasteiger partial charge on any atom is -0.434 e. The largest absolute Gasteiger partial charge is 0.434 e. The number of halogens is 3. The van der Waals surface area contributed by atoms with Gasteiger partial charge in [0.15, 0.2) is 0 Å². The zero-order chi connectivity index (χ0) is 14.7. The van der Waals surface area contributed by atoms with Gasteiger partial charge < -0.3 is 10.5 Å². The molecule has 5 heteroatoms. The highest BCUT2D eigenvalue weighted by atomic mass is 35.5. The summed E-state index contributed by atoms with van der Waals surface area (Å²) in [6.07, 6.45) is 0. The maximum Gasteiger partial charge on any atom is 0.387 e. The van der Waals surface area contributed by atoms with Crippen LogP contribution in [0.15, 0.2) is 42.5 Å². The second-order valence-corrected chi connectivity index (χ2v) is 4.81. The molecule has 20 heavy (non-hydrogen) atoms. The van der Waals surface area contributed by atoms with Gasteiger partial charge in [-0.3, -0.25) is 0 Å². The van der Waals surface area contributed by atoms with Gasteiger partial charge in [0.1, 0.15) is 5.75 Å². The molecular formula is C15H14ClF2NO. The molecule has 0 saturated carbocycles. The fraction of sp³-hybridized carbons (Fsp3) is 0.200. The maximum atomic E-state index is 12.4. The van der Waals surface area contributed by atoms with Gasteiger partial charge in [-0.2, -0.15) is 8.78 Å². The summed E-state index contributed by atoms with van der Waals surface area (Å²) < 4.78 is 29.3. The average molecular weight is 298 g/mol. The van der Waals surface area contributed by atoms with Crippen LogP contribution in [0.3, 0.4) is 0 Å². The fourth-order valence-corrected chi connectivity index (χ4v) is 2.11. The molecule has 0 spiro atoms. The molecule has 2 rings (SSSR count). The molecule has 1 atom stereocenters. The second kappa shape index (κ2) is 6.20. The summed E-state index contributed by atoms with van der Waals surface area (Å²) >= 11 is 6.06. The van der Waals surface area contributed by atoms with E-state index in [1.165, 1.54) is 6.07 Å². The van der Waals surface area contributed by atoms with Crippen molar-refractivity contribution in [3.63, 3.8) is 0 Å². The van der Waals surface area contributed by atoms with Gasteiger partial charge in [-0.1, -0.05) is 41.9 Å². The molecule has 0 radical (unpaired) electrons. The average Bonchev–Trinajstić information content (AvgIpc) is 2.41. The first-order valence-electron chi connectivity index (χ1n) is 6.04. The van der Waals surface area contributed by atoms with Crippen LogP contribution >= 0.6 is 11.6 Å². The number of alkyl halides is 2. The van der Waals surface area contributed by atoms with Crippen molar-refractivity contribution in [2.24, 2.45) is 5.73 Å². The molecule has 1 unspecified atom stereocenters. The van der Waals surface area contributed by atoms with Crippen LogP contribution in [0.2, 0.25) is 5.02 Å². The molecule has 0 fully saturated rings. The fourth-order valence-electron chi connectivity index (χ4n) is 1.92. The van der Waals surface area contributed by atoms with E-state index in [9.17, 15) is 8.78 Å². The van der Waals surface area contributed by atoms with Crippen LogP contribution in [0.4, 0.5) is 8.78 Å². The predicted molar refractivity (Wildman–Crippen MR) is 75.3 cm³/mol. The molecule has 0 saturated heterocycles. The van der Waals surface area contributed by atoms with E-state index in [2.05, 4.69) is 4.74 Å². The lowest BCUT2D eigenvalue weighted by Crippen LogP contribution is -2.14. The van der Waals surface area contributed by atoms with Crippen molar-refractivity contribution in [3.05, 3.63) is 64.2 Å². The highest BCUT2D eigenvalue weighted by Gasteiger charge is 2.17. The van der Waals surface area contributed by atoms with Gasteiger partial charge in [-0.25, -0.2) is 0 Å². The normalized spacial score (nSPS) is 12.5. The third-order valence-corrected chi connectivity index (χ3v) is 3.43. The summed E-state index contributed by atoms with van der Waals surface area (Å²) in [5.74, 6) is 0.0756. The third-order valence-electron chi connectivity index (χ3n) is 3.03. The van der Waals surface area contributed by atoms with Gasteiger partial charge in [0.2, 0.25) is 0 Å². The standard InChI is InChI=1S/C15H14ClF2NO/c1-9-6-7-10(8-12(9)16)14(19)11-4-2-3-5-13(11)20-15(17)18/h2-8,14-15H,19H2,1H3. The molecular weight excluding hydrogens is 284 g/mol. The Hall–Kier alpha value is -1.65. The SMILES string of the molecule is Cc1ccc(C(N)c2ccccc2OC(F)F)cc1Cl. The van der Waals surface area contributed by atoms with Crippen LogP contribution in [0.25, 0.3) is 0 Å². The van der Waals surface area contributed by atoms with E-state index in [4.69, 9.17) is 17.3 Å². The van der Waals surface area contributed by atoms with E-state index in [0.29, 0.717) is 10.6 Å². The van der Waals surface area contributed by atoms with Crippen LogP contribution in [0.5, 0.6) is 5.75 Å². The van der Waals surface area contributed by atoms with Gasteiger partial charge in [0.05, 0.1) is 6.04 Å². The van der Waals surface area contributed by atoms with E-state index < -0.39 is 12.7 Å². The highest BCUT2D eigenvalue weighted by Crippen LogP contribution is 2.31. The molecule has 2 aromatic carbocycles. The Labute approximate surface area is 121 Å². The minimum atomic E-state index is -2.88. The number of nitrogens with two attached hydrogens (primary N) is 1. The van der Waals surface area contributed by atoms with Crippen LogP contribution in [0.1, 0.15) is 22.7 Å². The Morgan fingerprint density at radius 1 is 1.15 bits per heavy atom. The summed E-state index contributed by atoms with van der Waals surface area (Å²) in [5.41, 5.74) is 8.29. The first-order valence-corrected chi connectivity index (χ1v) is 6.42. The predicted octanol–water partition coefficient (Wildman–Crippen LogP) is 4.30. The Bertz CT molecular complexity index is 604. The molecule has 0 amide bonds. The Morgan fingerprint density at radius 2 is 1.85 bits per heavy atom. The number of ether oxygens (including phenoxy) is 1. The van der Waals surface area contributed by atoms with E-state index in [0.717, 1.165) is 11.1 Å². The molecule has 0 aliphatic heterocycles. The lowest BCUT2D eigenvalue weighted by molar-refractivity contribution is -0.0505. The molecule has 0 bridgehead atoms. The summed E-state index contributed by atoms with van der Waals surface area (Å²) in [5, 5.41) is 0.588. The van der Waals surface area contributed by atoms with Crippen LogP contribution in [0, 0.1) is 6.92 Å². The zero-order valence-electron chi connectivity index (χ0n) is 10.8. The van der Waals surface area contributed by atoms with Gasteiger partial charge in [-0.15, -0.1) is 0 Å². The van der Waals surface area contributed by atoms with Gasteiger partial charge in [-0.05, 0) is 30.2 Å². The molecule has 2 N–H and O–H groups in total. The van der Waals surface area contributed by atoms with Crippen molar-refractivity contribution >= 4 is 11.6 Å². The first-order chi connectivity index (χ1) is 9.49. The minimum absolute atomic E-state index is 0.0756. The molecule has 2 aromatic rings. The number of hydrogen-bond donors (Lipinski definition) is 1. The summed E-state index contributed by atoms with van der Waals surface area (Å²) in [6.45, 7) is -1.00. The van der Waals surface area contributed by atoms with E-state index in [-0.39, 0.29) is 5.75 Å². The monoisotopic (exact) mass is 297 g/mol. The third kappa shape index (κ3) is 3.26.